The average Bonchev–Trinajstić information content (AvgIpc) is 3.29. The van der Waals surface area contributed by atoms with E-state index in [1.54, 1.807) is 42.8 Å². The van der Waals surface area contributed by atoms with Crippen LogP contribution in [0.25, 0.3) is 10.9 Å². The van der Waals surface area contributed by atoms with Gasteiger partial charge >= 0.3 is 5.82 Å². The smallest absolute Gasteiger partial charge is 0.358 e. The molecule has 0 saturated heterocycles. The van der Waals surface area contributed by atoms with Crippen LogP contribution in [-0.4, -0.2) is 63.7 Å². The summed E-state index contributed by atoms with van der Waals surface area (Å²) in [6.45, 7) is 0.932. The number of aliphatic imine (C=N–C) groups is 1. The zero-order chi connectivity index (χ0) is 26.6. The van der Waals surface area contributed by atoms with E-state index in [9.17, 15) is 14.9 Å². The molecule has 3 heterocycles. The first-order chi connectivity index (χ1) is 17.6. The molecule has 0 atom stereocenters. The van der Waals surface area contributed by atoms with E-state index in [2.05, 4.69) is 30.6 Å². The van der Waals surface area contributed by atoms with Crippen LogP contribution in [0.3, 0.4) is 0 Å². The summed E-state index contributed by atoms with van der Waals surface area (Å²) >= 11 is 12.1. The minimum atomic E-state index is -0.463. The van der Waals surface area contributed by atoms with Crippen LogP contribution in [0.5, 0.6) is 0 Å². The number of likely N-dealkylation sites (N-methyl/N-ethyl adjacent to an activating group) is 1. The Kier molecular flexibility index (Phi) is 7.77. The lowest BCUT2D eigenvalue weighted by molar-refractivity contribution is -0.880. The van der Waals surface area contributed by atoms with E-state index in [4.69, 9.17) is 23.2 Å². The number of fused-ring (bicyclic) bond motifs is 1. The maximum absolute atomic E-state index is 12.5. The van der Waals surface area contributed by atoms with Crippen LogP contribution in [0.4, 0.5) is 17.3 Å². The third-order valence-electron chi connectivity index (χ3n) is 5.48. The van der Waals surface area contributed by atoms with Crippen molar-refractivity contribution in [1.82, 2.24) is 15.0 Å². The van der Waals surface area contributed by atoms with E-state index < -0.39 is 4.92 Å². The van der Waals surface area contributed by atoms with E-state index in [0.29, 0.717) is 67.8 Å². The van der Waals surface area contributed by atoms with Crippen LogP contribution in [0.15, 0.2) is 65.3 Å². The van der Waals surface area contributed by atoms with E-state index in [0.717, 1.165) is 0 Å². The molecule has 1 amide bonds. The van der Waals surface area contributed by atoms with Crippen molar-refractivity contribution in [2.45, 2.75) is 6.42 Å². The minimum Gasteiger partial charge on any atom is -0.358 e. The van der Waals surface area contributed by atoms with Crippen molar-refractivity contribution >= 4 is 63.5 Å². The Morgan fingerprint density at radius 2 is 2.00 bits per heavy atom. The monoisotopic (exact) mass is 541 g/mol. The van der Waals surface area contributed by atoms with Gasteiger partial charge < -0.3 is 25.2 Å². The molecule has 0 radical (unpaired) electrons. The molecule has 11 nitrogen and oxygen atoms in total. The molecular weight excluding hydrogens is 519 g/mol. The normalized spacial score (nSPS) is 13.5. The Balaban J connectivity index is 1.42. The Labute approximate surface area is 222 Å². The highest BCUT2D eigenvalue weighted by Crippen LogP contribution is 2.29. The maximum Gasteiger partial charge on any atom is 0.368 e. The van der Waals surface area contributed by atoms with Crippen LogP contribution in [0.2, 0.25) is 10.0 Å². The lowest BCUT2D eigenvalue weighted by Crippen LogP contribution is -2.41. The SMILES string of the molecule is C[N+](C)(C/C=C/C(=O)Nc1cc2c(Nc3ccc(Cl)c(Cl)c3)ncnc2cn1)CC1=C([N+](=O)[O-])N=CC1. The van der Waals surface area contributed by atoms with Gasteiger partial charge in [-0.1, -0.05) is 28.2 Å². The summed E-state index contributed by atoms with van der Waals surface area (Å²) in [5.74, 6) is 0.381. The highest BCUT2D eigenvalue weighted by atomic mass is 35.5. The number of rotatable bonds is 9. The molecule has 1 aliphatic rings. The van der Waals surface area contributed by atoms with Gasteiger partial charge in [0.2, 0.25) is 5.91 Å². The van der Waals surface area contributed by atoms with Crippen molar-refractivity contribution in [3.8, 4) is 0 Å². The molecule has 0 saturated carbocycles. The molecule has 2 N–H and O–H groups in total. The molecule has 3 aromatic rings. The topological polar surface area (TPSA) is 135 Å². The van der Waals surface area contributed by atoms with Gasteiger partial charge in [-0.05, 0) is 35.3 Å². The summed E-state index contributed by atoms with van der Waals surface area (Å²) in [5.41, 5.74) is 1.94. The third kappa shape index (κ3) is 6.64. The van der Waals surface area contributed by atoms with Crippen LogP contribution in [0, 0.1) is 10.1 Å². The summed E-state index contributed by atoms with van der Waals surface area (Å²) in [5, 5.41) is 18.5. The second-order valence-electron chi connectivity index (χ2n) is 8.93. The molecule has 37 heavy (non-hydrogen) atoms. The molecule has 0 unspecified atom stereocenters. The Bertz CT molecular complexity index is 1470. The third-order valence-corrected chi connectivity index (χ3v) is 6.22. The first kappa shape index (κ1) is 26.1. The first-order valence-electron chi connectivity index (χ1n) is 11.1. The lowest BCUT2D eigenvalue weighted by Gasteiger charge is -2.28. The van der Waals surface area contributed by atoms with Gasteiger partial charge in [0.25, 0.3) is 0 Å². The molecule has 190 valence electrons. The predicted octanol–water partition coefficient (Wildman–Crippen LogP) is 4.61. The fourth-order valence-corrected chi connectivity index (χ4v) is 4.07. The molecule has 0 fully saturated rings. The molecule has 2 aromatic heterocycles. The molecule has 0 spiro atoms. The summed E-state index contributed by atoms with van der Waals surface area (Å²) in [6, 6.07) is 6.80. The Morgan fingerprint density at radius 3 is 2.76 bits per heavy atom. The van der Waals surface area contributed by atoms with Gasteiger partial charge in [-0.3, -0.25) is 4.79 Å². The number of benzene rings is 1. The second-order valence-corrected chi connectivity index (χ2v) is 9.75. The van der Waals surface area contributed by atoms with Crippen molar-refractivity contribution < 1.29 is 14.2 Å². The zero-order valence-corrected chi connectivity index (χ0v) is 21.5. The van der Waals surface area contributed by atoms with Crippen molar-refractivity contribution in [2.75, 3.05) is 37.8 Å². The summed E-state index contributed by atoms with van der Waals surface area (Å²) in [7, 11) is 3.86. The first-order valence-corrected chi connectivity index (χ1v) is 11.9. The van der Waals surface area contributed by atoms with Gasteiger partial charge in [0.1, 0.15) is 30.7 Å². The van der Waals surface area contributed by atoms with Crippen LogP contribution < -0.4 is 10.6 Å². The molecule has 1 aliphatic heterocycles. The number of aromatic nitrogens is 3. The number of nitrogens with zero attached hydrogens (tertiary/aromatic N) is 6. The van der Waals surface area contributed by atoms with Gasteiger partial charge in [-0.2, -0.15) is 0 Å². The number of halogens is 2. The van der Waals surface area contributed by atoms with E-state index in [1.807, 2.05) is 14.1 Å². The number of nitrogens with one attached hydrogen (secondary N) is 2. The van der Waals surface area contributed by atoms with E-state index >= 15 is 0 Å². The number of carbonyl (C=O) groups excluding carboxylic acids is 1. The number of pyridine rings is 1. The van der Waals surface area contributed by atoms with Gasteiger partial charge in [0.15, 0.2) is 0 Å². The van der Waals surface area contributed by atoms with Crippen molar-refractivity contribution in [3.63, 3.8) is 0 Å². The average molecular weight is 542 g/mol. The number of carbonyl (C=O) groups is 1. The van der Waals surface area contributed by atoms with Crippen LogP contribution >= 0.6 is 23.2 Å². The molecule has 13 heteroatoms. The maximum atomic E-state index is 12.5. The summed E-state index contributed by atoms with van der Waals surface area (Å²) < 4.78 is 0.426. The Hall–Kier alpha value is -3.93. The standard InChI is InChI=1S/C24H22Cl2N8O3/c1-34(2,13-15-7-8-27-24(15)33(36)37)9-3-4-22(35)32-21-11-17-20(12-28-21)29-14-30-23(17)31-16-5-6-18(25)19(26)10-16/h3-6,8,10-12,14H,7,9,13H2,1-2H3,(H-,28,29,30,31,32,35)/p+1/b4-3+. The second kappa shape index (κ2) is 11.0. The van der Waals surface area contributed by atoms with Crippen molar-refractivity contribution in [3.05, 3.63) is 80.5 Å². The van der Waals surface area contributed by atoms with Gasteiger partial charge in [-0.25, -0.2) is 15.0 Å². The fourth-order valence-electron chi connectivity index (χ4n) is 3.77. The number of quaternary nitrogens is 1. The predicted molar refractivity (Wildman–Crippen MR) is 144 cm³/mol. The summed E-state index contributed by atoms with van der Waals surface area (Å²) in [6.07, 6.45) is 8.09. The van der Waals surface area contributed by atoms with E-state index in [-0.39, 0.29) is 11.7 Å². The minimum absolute atomic E-state index is 0.0905. The molecular formula is C24H23Cl2N8O3+. The largest absolute Gasteiger partial charge is 0.368 e. The van der Waals surface area contributed by atoms with Gasteiger partial charge in [0, 0.05) is 23.6 Å². The van der Waals surface area contributed by atoms with Crippen molar-refractivity contribution in [1.29, 1.82) is 0 Å². The summed E-state index contributed by atoms with van der Waals surface area (Å²) in [4.78, 5) is 39.8. The zero-order valence-electron chi connectivity index (χ0n) is 20.0. The van der Waals surface area contributed by atoms with Gasteiger partial charge in [-0.15, -0.1) is 0 Å². The Morgan fingerprint density at radius 1 is 1.19 bits per heavy atom. The highest BCUT2D eigenvalue weighted by molar-refractivity contribution is 6.42. The highest BCUT2D eigenvalue weighted by Gasteiger charge is 2.28. The molecule has 4 rings (SSSR count). The number of nitro groups is 1. The molecule has 0 aliphatic carbocycles. The van der Waals surface area contributed by atoms with Crippen molar-refractivity contribution in [2.24, 2.45) is 4.99 Å². The van der Waals surface area contributed by atoms with Crippen LogP contribution in [0.1, 0.15) is 6.42 Å². The lowest BCUT2D eigenvalue weighted by atomic mass is 10.2. The van der Waals surface area contributed by atoms with Gasteiger partial charge in [0.05, 0.1) is 48.0 Å². The molecule has 0 bridgehead atoms. The van der Waals surface area contributed by atoms with Crippen LogP contribution in [-0.2, 0) is 4.79 Å². The fraction of sp³-hybridized carbons (Fsp3) is 0.208. The number of hydrogen-bond donors (Lipinski definition) is 2. The quantitative estimate of drug-likeness (QED) is 0.175. The van der Waals surface area contributed by atoms with E-state index in [1.165, 1.54) is 12.4 Å². The molecule has 1 aromatic carbocycles. The number of amides is 1. The number of anilines is 3. The number of hydrogen-bond acceptors (Lipinski definition) is 8.